The van der Waals surface area contributed by atoms with Crippen LogP contribution in [0.5, 0.6) is 0 Å². The molecule has 1 N–H and O–H groups in total. The topological polar surface area (TPSA) is 93.5 Å². The van der Waals surface area contributed by atoms with Gasteiger partial charge in [-0.3, -0.25) is 15.0 Å². The molecule has 0 aliphatic heterocycles. The second kappa shape index (κ2) is 8.64. The number of hydrogen-bond acceptors (Lipinski definition) is 6. The van der Waals surface area contributed by atoms with E-state index in [1.807, 2.05) is 0 Å². The second-order valence-corrected chi connectivity index (χ2v) is 2.92. The van der Waals surface area contributed by atoms with Crippen molar-refractivity contribution in [1.29, 1.82) is 5.41 Å². The van der Waals surface area contributed by atoms with E-state index in [0.717, 1.165) is 6.40 Å². The molecule has 88 valence electrons. The summed E-state index contributed by atoms with van der Waals surface area (Å²) in [6, 6.07) is 0. The summed E-state index contributed by atoms with van der Waals surface area (Å²) >= 11 is 0. The summed E-state index contributed by atoms with van der Waals surface area (Å²) in [6.45, 7) is 1.63. The maximum Gasteiger partial charge on any atom is 0.382 e. The van der Waals surface area contributed by atoms with Gasteiger partial charge in [0, 0.05) is 6.42 Å². The predicted octanol–water partition coefficient (Wildman–Crippen LogP) is -0.139. The minimum Gasteiger partial charge on any atom is -0.557 e. The van der Waals surface area contributed by atoms with Gasteiger partial charge in [-0.15, -0.1) is 0 Å². The number of ketones is 2. The van der Waals surface area contributed by atoms with Crippen molar-refractivity contribution in [3.05, 3.63) is 0 Å². The first kappa shape index (κ1) is 14.3. The molecule has 0 amide bonds. The van der Waals surface area contributed by atoms with Crippen LogP contribution in [0.2, 0.25) is 6.32 Å². The SMILES string of the molecule is CCOC(=O)C(=O)C(=O)CCCBOC=N. The smallest absolute Gasteiger partial charge is 0.382 e. The molecule has 0 saturated carbocycles. The fourth-order valence-corrected chi connectivity index (χ4v) is 0.954. The van der Waals surface area contributed by atoms with Gasteiger partial charge in [0.15, 0.2) is 0 Å². The molecule has 0 fully saturated rings. The highest BCUT2D eigenvalue weighted by molar-refractivity contribution is 6.62. The van der Waals surface area contributed by atoms with Gasteiger partial charge in [0.1, 0.15) is 6.40 Å². The molecule has 7 heteroatoms. The van der Waals surface area contributed by atoms with Crippen molar-refractivity contribution in [2.45, 2.75) is 26.1 Å². The molecule has 0 unspecified atom stereocenters. The number of esters is 1. The molecular formula is C9H14BNO5. The number of carbonyl (C=O) groups excluding carboxylic acids is 3. The maximum atomic E-state index is 11.2. The Bertz CT molecular complexity index is 279. The van der Waals surface area contributed by atoms with E-state index >= 15 is 0 Å². The normalized spacial score (nSPS) is 9.06. The Morgan fingerprint density at radius 2 is 2.06 bits per heavy atom. The van der Waals surface area contributed by atoms with Gasteiger partial charge in [-0.05, 0) is 19.7 Å². The van der Waals surface area contributed by atoms with Crippen molar-refractivity contribution in [2.75, 3.05) is 6.61 Å². The lowest BCUT2D eigenvalue weighted by Crippen LogP contribution is -2.25. The van der Waals surface area contributed by atoms with E-state index in [0.29, 0.717) is 20.2 Å². The molecule has 16 heavy (non-hydrogen) atoms. The van der Waals surface area contributed by atoms with E-state index < -0.39 is 17.5 Å². The molecule has 0 aromatic carbocycles. The lowest BCUT2D eigenvalue weighted by Gasteiger charge is -2.00. The van der Waals surface area contributed by atoms with E-state index in [-0.39, 0.29) is 13.0 Å². The van der Waals surface area contributed by atoms with Gasteiger partial charge in [0.05, 0.1) is 6.61 Å². The monoisotopic (exact) mass is 227 g/mol. The van der Waals surface area contributed by atoms with Crippen LogP contribution >= 0.6 is 0 Å². The molecular weight excluding hydrogens is 213 g/mol. The summed E-state index contributed by atoms with van der Waals surface area (Å²) in [5.74, 6) is -2.94. The highest BCUT2D eigenvalue weighted by atomic mass is 16.5. The molecule has 0 rings (SSSR count). The standard InChI is InChI=1S/C9H14BNO5/c1-2-15-9(14)8(13)7(12)4-3-5-10-16-6-11/h6,10-11H,2-5H2,1H3. The van der Waals surface area contributed by atoms with Crippen LogP contribution in [0.25, 0.3) is 0 Å². The quantitative estimate of drug-likeness (QED) is 0.112. The zero-order chi connectivity index (χ0) is 12.4. The zero-order valence-electron chi connectivity index (χ0n) is 9.15. The maximum absolute atomic E-state index is 11.2. The number of nitrogens with one attached hydrogen (secondary N) is 1. The van der Waals surface area contributed by atoms with Gasteiger partial charge < -0.3 is 9.39 Å². The highest BCUT2D eigenvalue weighted by Gasteiger charge is 2.23. The largest absolute Gasteiger partial charge is 0.557 e. The number of hydrogen-bond donors (Lipinski definition) is 1. The Kier molecular flexibility index (Phi) is 7.74. The van der Waals surface area contributed by atoms with Crippen molar-refractivity contribution in [3.8, 4) is 0 Å². The molecule has 6 nitrogen and oxygen atoms in total. The molecule has 0 aromatic heterocycles. The van der Waals surface area contributed by atoms with Gasteiger partial charge in [-0.1, -0.05) is 0 Å². The summed E-state index contributed by atoms with van der Waals surface area (Å²) in [5.41, 5.74) is 0. The van der Waals surface area contributed by atoms with Crippen molar-refractivity contribution in [1.82, 2.24) is 0 Å². The number of carbonyl (C=O) groups is 3. The third-order valence-corrected chi connectivity index (χ3v) is 1.71. The Hall–Kier alpha value is -1.66. The fourth-order valence-electron chi connectivity index (χ4n) is 0.954. The van der Waals surface area contributed by atoms with Gasteiger partial charge in [0.2, 0.25) is 5.78 Å². The van der Waals surface area contributed by atoms with Crippen LogP contribution in [0.3, 0.4) is 0 Å². The number of rotatable bonds is 9. The minimum absolute atomic E-state index is 0.000985. The summed E-state index contributed by atoms with van der Waals surface area (Å²) in [5, 5.41) is 6.56. The molecule has 0 heterocycles. The van der Waals surface area contributed by atoms with Crippen LogP contribution in [-0.2, 0) is 23.8 Å². The van der Waals surface area contributed by atoms with Gasteiger partial charge in [-0.2, -0.15) is 0 Å². The molecule has 0 bridgehead atoms. The van der Waals surface area contributed by atoms with E-state index in [4.69, 9.17) is 5.41 Å². The van der Waals surface area contributed by atoms with Gasteiger partial charge in [-0.25, -0.2) is 4.79 Å². The Morgan fingerprint density at radius 3 is 2.62 bits per heavy atom. The molecule has 0 radical (unpaired) electrons. The zero-order valence-corrected chi connectivity index (χ0v) is 9.15. The first-order valence-electron chi connectivity index (χ1n) is 4.98. The first-order chi connectivity index (χ1) is 7.63. The lowest BCUT2D eigenvalue weighted by atomic mass is 9.91. The van der Waals surface area contributed by atoms with Crippen LogP contribution in [0.4, 0.5) is 0 Å². The average Bonchev–Trinajstić information content (AvgIpc) is 2.27. The summed E-state index contributed by atoms with van der Waals surface area (Å²) in [6.07, 6.45) is 1.81. The number of Topliss-reactive ketones (excluding diaryl/α,β-unsaturated/α-hetero) is 2. The average molecular weight is 227 g/mol. The van der Waals surface area contributed by atoms with E-state index in [1.165, 1.54) is 0 Å². The summed E-state index contributed by atoms with van der Waals surface area (Å²) in [4.78, 5) is 33.1. The van der Waals surface area contributed by atoms with E-state index in [2.05, 4.69) is 9.39 Å². The van der Waals surface area contributed by atoms with Crippen LogP contribution < -0.4 is 0 Å². The van der Waals surface area contributed by atoms with Crippen LogP contribution in [-0.4, -0.2) is 38.0 Å². The summed E-state index contributed by atoms with van der Waals surface area (Å²) < 4.78 is 9.02. The Morgan fingerprint density at radius 1 is 1.38 bits per heavy atom. The highest BCUT2D eigenvalue weighted by Crippen LogP contribution is 1.98. The Labute approximate surface area is 94.1 Å². The summed E-state index contributed by atoms with van der Waals surface area (Å²) in [7, 11) is 0.324. The molecule has 0 aliphatic carbocycles. The van der Waals surface area contributed by atoms with E-state index in [1.54, 1.807) is 6.92 Å². The molecule has 0 aromatic rings. The Balaban J connectivity index is 3.75. The van der Waals surface area contributed by atoms with E-state index in [9.17, 15) is 14.4 Å². The van der Waals surface area contributed by atoms with Crippen molar-refractivity contribution in [2.24, 2.45) is 0 Å². The van der Waals surface area contributed by atoms with Crippen molar-refractivity contribution in [3.63, 3.8) is 0 Å². The minimum atomic E-state index is -1.10. The van der Waals surface area contributed by atoms with Crippen LogP contribution in [0, 0.1) is 5.41 Å². The van der Waals surface area contributed by atoms with Crippen LogP contribution in [0.15, 0.2) is 0 Å². The molecule has 0 spiro atoms. The first-order valence-corrected chi connectivity index (χ1v) is 4.98. The van der Waals surface area contributed by atoms with Crippen LogP contribution in [0.1, 0.15) is 19.8 Å². The third-order valence-electron chi connectivity index (χ3n) is 1.71. The molecule has 0 aliphatic rings. The second-order valence-electron chi connectivity index (χ2n) is 2.92. The van der Waals surface area contributed by atoms with Gasteiger partial charge >= 0.3 is 19.2 Å². The third kappa shape index (κ3) is 5.95. The predicted molar refractivity (Wildman–Crippen MR) is 57.7 cm³/mol. The number of ether oxygens (including phenoxy) is 1. The van der Waals surface area contributed by atoms with Gasteiger partial charge in [0.25, 0.3) is 0 Å². The molecule has 0 atom stereocenters. The van der Waals surface area contributed by atoms with Crippen molar-refractivity contribution < 1.29 is 23.8 Å². The fraction of sp³-hybridized carbons (Fsp3) is 0.556. The van der Waals surface area contributed by atoms with Crippen molar-refractivity contribution >= 4 is 31.4 Å². The molecule has 0 saturated heterocycles. The lowest BCUT2D eigenvalue weighted by molar-refractivity contribution is -0.156.